The van der Waals surface area contributed by atoms with Gasteiger partial charge in [0.25, 0.3) is 0 Å². The van der Waals surface area contributed by atoms with E-state index < -0.39 is 0 Å². The molecular weight excluding hydrogens is 152 g/mol. The fraction of sp³-hybridized carbons (Fsp3) is 0.111. The van der Waals surface area contributed by atoms with Crippen LogP contribution in [0.15, 0.2) is 24.5 Å². The minimum Gasteiger partial charge on any atom is -0.506 e. The fourth-order valence-electron chi connectivity index (χ4n) is 1.10. The first kappa shape index (κ1) is 7.03. The number of aryl methyl sites for hydroxylation is 1. The van der Waals surface area contributed by atoms with Crippen LogP contribution in [0.25, 0.3) is 10.9 Å². The molecule has 2 aromatic heterocycles. The third-order valence-corrected chi connectivity index (χ3v) is 1.78. The third-order valence-electron chi connectivity index (χ3n) is 1.78. The molecule has 2 aromatic rings. The lowest BCUT2D eigenvalue weighted by Gasteiger charge is -1.99. The van der Waals surface area contributed by atoms with Crippen LogP contribution in [0.2, 0.25) is 0 Å². The molecule has 0 bridgehead atoms. The van der Waals surface area contributed by atoms with Crippen LogP contribution in [0.1, 0.15) is 5.69 Å². The van der Waals surface area contributed by atoms with Gasteiger partial charge in [0.2, 0.25) is 0 Å². The Hall–Kier alpha value is -1.64. The molecule has 0 radical (unpaired) electrons. The van der Waals surface area contributed by atoms with Crippen molar-refractivity contribution in [1.82, 2.24) is 9.97 Å². The number of rotatable bonds is 0. The van der Waals surface area contributed by atoms with E-state index in [0.717, 1.165) is 10.9 Å². The van der Waals surface area contributed by atoms with E-state index in [1.165, 1.54) is 0 Å². The van der Waals surface area contributed by atoms with E-state index in [4.69, 9.17) is 0 Å². The summed E-state index contributed by atoms with van der Waals surface area (Å²) >= 11 is 0. The van der Waals surface area contributed by atoms with Gasteiger partial charge in [0.15, 0.2) is 0 Å². The monoisotopic (exact) mass is 160 g/mol. The number of fused-ring (bicyclic) bond motifs is 1. The van der Waals surface area contributed by atoms with Crippen LogP contribution in [-0.4, -0.2) is 15.1 Å². The summed E-state index contributed by atoms with van der Waals surface area (Å²) < 4.78 is 0. The summed E-state index contributed by atoms with van der Waals surface area (Å²) in [6, 6.07) is 3.49. The Morgan fingerprint density at radius 1 is 1.42 bits per heavy atom. The lowest BCUT2D eigenvalue weighted by molar-refractivity contribution is 0.469. The molecule has 12 heavy (non-hydrogen) atoms. The summed E-state index contributed by atoms with van der Waals surface area (Å²) in [6.45, 7) is 1.77. The molecular formula is C9H8N2O. The zero-order valence-corrected chi connectivity index (χ0v) is 6.65. The molecule has 0 spiro atoms. The van der Waals surface area contributed by atoms with Crippen LogP contribution in [0.5, 0.6) is 5.75 Å². The maximum atomic E-state index is 9.33. The predicted octanol–water partition coefficient (Wildman–Crippen LogP) is 1.64. The zero-order chi connectivity index (χ0) is 8.55. The molecule has 0 saturated carbocycles. The summed E-state index contributed by atoms with van der Waals surface area (Å²) in [5.74, 6) is 0.218. The lowest BCUT2D eigenvalue weighted by Crippen LogP contribution is -1.84. The molecule has 2 heterocycles. The van der Waals surface area contributed by atoms with Gasteiger partial charge in [-0.15, -0.1) is 0 Å². The first-order valence-corrected chi connectivity index (χ1v) is 3.68. The van der Waals surface area contributed by atoms with Gasteiger partial charge in [0.05, 0.1) is 11.2 Å². The molecule has 0 aliphatic carbocycles. The van der Waals surface area contributed by atoms with Crippen LogP contribution in [0.3, 0.4) is 0 Å². The quantitative estimate of drug-likeness (QED) is 0.637. The van der Waals surface area contributed by atoms with E-state index in [1.54, 1.807) is 25.4 Å². The minimum atomic E-state index is 0.218. The Bertz CT molecular complexity index is 385. The van der Waals surface area contributed by atoms with E-state index in [9.17, 15) is 5.11 Å². The Morgan fingerprint density at radius 2 is 2.25 bits per heavy atom. The number of hydrogen-bond donors (Lipinski definition) is 1. The van der Waals surface area contributed by atoms with E-state index in [0.29, 0.717) is 5.69 Å². The highest BCUT2D eigenvalue weighted by Gasteiger charge is 1.99. The van der Waals surface area contributed by atoms with Crippen LogP contribution >= 0.6 is 0 Å². The molecule has 0 amide bonds. The Morgan fingerprint density at radius 3 is 3.08 bits per heavy atom. The van der Waals surface area contributed by atoms with Gasteiger partial charge in [0.1, 0.15) is 5.75 Å². The van der Waals surface area contributed by atoms with Crippen molar-refractivity contribution in [2.45, 2.75) is 6.92 Å². The van der Waals surface area contributed by atoms with Crippen LogP contribution in [0, 0.1) is 6.92 Å². The highest BCUT2D eigenvalue weighted by atomic mass is 16.3. The standard InChI is InChI=1S/C9H8N2O/c1-6-9(12)4-7-5-10-3-2-8(7)11-6/h2-5,12H,1H3. The Balaban J connectivity index is 2.84. The van der Waals surface area contributed by atoms with E-state index in [1.807, 2.05) is 6.07 Å². The van der Waals surface area contributed by atoms with Crippen molar-refractivity contribution < 1.29 is 5.11 Å². The molecule has 3 nitrogen and oxygen atoms in total. The average molecular weight is 160 g/mol. The maximum Gasteiger partial charge on any atom is 0.137 e. The Labute approximate surface area is 69.7 Å². The van der Waals surface area contributed by atoms with Crippen molar-refractivity contribution in [3.8, 4) is 5.75 Å². The van der Waals surface area contributed by atoms with Crippen molar-refractivity contribution >= 4 is 10.9 Å². The lowest BCUT2D eigenvalue weighted by atomic mass is 10.2. The second kappa shape index (κ2) is 2.44. The fourth-order valence-corrected chi connectivity index (χ4v) is 1.10. The first-order chi connectivity index (χ1) is 5.77. The normalized spacial score (nSPS) is 10.4. The molecule has 0 aromatic carbocycles. The number of aromatic hydroxyl groups is 1. The van der Waals surface area contributed by atoms with E-state index >= 15 is 0 Å². The molecule has 1 N–H and O–H groups in total. The molecule has 0 aliphatic rings. The molecule has 60 valence electrons. The Kier molecular flexibility index (Phi) is 1.43. The van der Waals surface area contributed by atoms with Gasteiger partial charge < -0.3 is 5.11 Å². The van der Waals surface area contributed by atoms with Crippen molar-refractivity contribution in [3.63, 3.8) is 0 Å². The zero-order valence-electron chi connectivity index (χ0n) is 6.65. The van der Waals surface area contributed by atoms with Crippen LogP contribution in [0.4, 0.5) is 0 Å². The number of nitrogens with zero attached hydrogens (tertiary/aromatic N) is 2. The van der Waals surface area contributed by atoms with Gasteiger partial charge >= 0.3 is 0 Å². The molecule has 0 unspecified atom stereocenters. The highest BCUT2D eigenvalue weighted by Crippen LogP contribution is 2.19. The van der Waals surface area contributed by atoms with Crippen molar-refractivity contribution in [3.05, 3.63) is 30.2 Å². The first-order valence-electron chi connectivity index (χ1n) is 3.68. The molecule has 0 fully saturated rings. The molecule has 0 saturated heterocycles. The van der Waals surface area contributed by atoms with Gasteiger partial charge in [-0.05, 0) is 19.1 Å². The predicted molar refractivity (Wildman–Crippen MR) is 45.9 cm³/mol. The van der Waals surface area contributed by atoms with Crippen LogP contribution < -0.4 is 0 Å². The molecule has 3 heteroatoms. The number of hydrogen-bond acceptors (Lipinski definition) is 3. The van der Waals surface area contributed by atoms with Crippen molar-refractivity contribution in [2.24, 2.45) is 0 Å². The van der Waals surface area contributed by atoms with Crippen molar-refractivity contribution in [1.29, 1.82) is 0 Å². The van der Waals surface area contributed by atoms with Gasteiger partial charge in [0, 0.05) is 17.8 Å². The summed E-state index contributed by atoms with van der Waals surface area (Å²) in [7, 11) is 0. The summed E-state index contributed by atoms with van der Waals surface area (Å²) in [5.41, 5.74) is 1.51. The SMILES string of the molecule is Cc1nc2ccncc2cc1O. The summed E-state index contributed by atoms with van der Waals surface area (Å²) in [5, 5.41) is 10.2. The maximum absolute atomic E-state index is 9.33. The topological polar surface area (TPSA) is 46.0 Å². The number of aromatic nitrogens is 2. The van der Waals surface area contributed by atoms with Gasteiger partial charge in [-0.3, -0.25) is 4.98 Å². The number of pyridine rings is 2. The van der Waals surface area contributed by atoms with Crippen molar-refractivity contribution in [2.75, 3.05) is 0 Å². The van der Waals surface area contributed by atoms with Gasteiger partial charge in [-0.2, -0.15) is 0 Å². The van der Waals surface area contributed by atoms with E-state index in [-0.39, 0.29) is 5.75 Å². The summed E-state index contributed by atoms with van der Waals surface area (Å²) in [4.78, 5) is 8.12. The van der Waals surface area contributed by atoms with Crippen LogP contribution in [-0.2, 0) is 0 Å². The molecule has 2 rings (SSSR count). The van der Waals surface area contributed by atoms with Gasteiger partial charge in [-0.1, -0.05) is 0 Å². The highest BCUT2D eigenvalue weighted by molar-refractivity contribution is 5.78. The molecule has 0 aliphatic heterocycles. The second-order valence-corrected chi connectivity index (χ2v) is 2.66. The van der Waals surface area contributed by atoms with Gasteiger partial charge in [-0.25, -0.2) is 4.98 Å². The third kappa shape index (κ3) is 0.993. The minimum absolute atomic E-state index is 0.218. The average Bonchev–Trinajstić information content (AvgIpc) is 2.07. The largest absolute Gasteiger partial charge is 0.506 e. The van der Waals surface area contributed by atoms with E-state index in [2.05, 4.69) is 9.97 Å². The smallest absolute Gasteiger partial charge is 0.137 e. The second-order valence-electron chi connectivity index (χ2n) is 2.66. The summed E-state index contributed by atoms with van der Waals surface area (Å²) in [6.07, 6.45) is 3.37. The molecule has 0 atom stereocenters.